The van der Waals surface area contributed by atoms with Crippen LogP contribution in [0.5, 0.6) is 0 Å². The first kappa shape index (κ1) is 21.4. The molecule has 0 bridgehead atoms. The lowest BCUT2D eigenvalue weighted by Crippen LogP contribution is -2.51. The van der Waals surface area contributed by atoms with Crippen LogP contribution in [0.3, 0.4) is 0 Å². The van der Waals surface area contributed by atoms with Crippen LogP contribution in [0, 0.1) is 0 Å². The highest BCUT2D eigenvalue weighted by atomic mass is 79.9. The number of rotatable bonds is 6. The van der Waals surface area contributed by atoms with Crippen LogP contribution in [-0.4, -0.2) is 45.4 Å². The average Bonchev–Trinajstić information content (AvgIpc) is 3.02. The van der Waals surface area contributed by atoms with Gasteiger partial charge >= 0.3 is 0 Å². The Morgan fingerprint density at radius 2 is 1.66 bits per heavy atom. The number of carbonyl (C=O) groups is 2. The first-order valence-corrected chi connectivity index (χ1v) is 10.1. The molecule has 7 nitrogen and oxygen atoms in total. The van der Waals surface area contributed by atoms with E-state index < -0.39 is 42.2 Å². The molecule has 1 aliphatic rings. The number of hydrogen-bond acceptors (Lipinski definition) is 5. The Bertz CT molecular complexity index is 889. The minimum Gasteiger partial charge on any atom is -0.390 e. The number of amides is 2. The monoisotopic (exact) mass is 462 g/mol. The minimum absolute atomic E-state index is 0.380. The summed E-state index contributed by atoms with van der Waals surface area (Å²) in [6.07, 6.45) is -4.37. The van der Waals surface area contributed by atoms with Crippen LogP contribution in [0.25, 0.3) is 0 Å². The van der Waals surface area contributed by atoms with Crippen LogP contribution < -0.4 is 10.6 Å². The molecule has 2 aromatic rings. The molecule has 2 aromatic carbocycles. The lowest BCUT2D eigenvalue weighted by Gasteiger charge is -2.23. The van der Waals surface area contributed by atoms with Crippen LogP contribution in [0.4, 0.5) is 0 Å². The van der Waals surface area contributed by atoms with Gasteiger partial charge in [0.2, 0.25) is 0 Å². The van der Waals surface area contributed by atoms with Gasteiger partial charge in [-0.25, -0.2) is 0 Å². The Morgan fingerprint density at radius 3 is 2.34 bits per heavy atom. The van der Waals surface area contributed by atoms with Gasteiger partial charge in [0.05, 0.1) is 18.2 Å². The van der Waals surface area contributed by atoms with E-state index in [1.165, 1.54) is 0 Å². The van der Waals surface area contributed by atoms with Crippen LogP contribution >= 0.6 is 15.9 Å². The van der Waals surface area contributed by atoms with Gasteiger partial charge < -0.3 is 26.0 Å². The topological polar surface area (TPSA) is 119 Å². The lowest BCUT2D eigenvalue weighted by molar-refractivity contribution is -0.147. The third-order valence-electron chi connectivity index (χ3n) is 5.07. The Labute approximate surface area is 176 Å². The van der Waals surface area contributed by atoms with E-state index in [4.69, 9.17) is 0 Å². The van der Waals surface area contributed by atoms with E-state index in [0.29, 0.717) is 6.42 Å². The molecule has 0 unspecified atom stereocenters. The molecule has 0 saturated carbocycles. The fourth-order valence-electron chi connectivity index (χ4n) is 3.41. The number of nitrogens with one attached hydrogen (secondary N) is 2. The Hall–Kier alpha value is -2.26. The van der Waals surface area contributed by atoms with Crippen molar-refractivity contribution in [3.8, 4) is 0 Å². The minimum atomic E-state index is -1.97. The van der Waals surface area contributed by atoms with Crippen molar-refractivity contribution in [2.45, 2.75) is 43.7 Å². The zero-order valence-electron chi connectivity index (χ0n) is 15.7. The van der Waals surface area contributed by atoms with Crippen molar-refractivity contribution in [3.05, 3.63) is 69.7 Å². The van der Waals surface area contributed by atoms with Crippen LogP contribution in [0.15, 0.2) is 53.0 Å². The number of aliphatic hydroxyl groups excluding tert-OH is 3. The van der Waals surface area contributed by atoms with Crippen LogP contribution in [0.1, 0.15) is 35.7 Å². The molecule has 8 heteroatoms. The molecule has 3 rings (SSSR count). The lowest BCUT2D eigenvalue weighted by atomic mass is 10.1. The largest absolute Gasteiger partial charge is 0.390 e. The van der Waals surface area contributed by atoms with E-state index in [9.17, 15) is 24.9 Å². The second-order valence-electron chi connectivity index (χ2n) is 7.13. The summed E-state index contributed by atoms with van der Waals surface area (Å²) in [5, 5.41) is 35.6. The second-order valence-corrected chi connectivity index (χ2v) is 8.04. The molecular weight excluding hydrogens is 440 g/mol. The van der Waals surface area contributed by atoms with E-state index in [2.05, 4.69) is 26.6 Å². The molecule has 0 heterocycles. The molecule has 154 valence electrons. The number of hydrogen-bond donors (Lipinski definition) is 5. The number of fused-ring (bicyclic) bond motifs is 1. The van der Waals surface area contributed by atoms with Crippen molar-refractivity contribution < 1.29 is 24.9 Å². The maximum absolute atomic E-state index is 12.4. The molecule has 29 heavy (non-hydrogen) atoms. The van der Waals surface area contributed by atoms with Gasteiger partial charge in [-0.15, -0.1) is 0 Å². The van der Waals surface area contributed by atoms with Gasteiger partial charge in [0.25, 0.3) is 11.8 Å². The molecule has 1 aliphatic carbocycles. The normalized spacial score (nSPS) is 21.0. The van der Waals surface area contributed by atoms with Gasteiger partial charge in [0.15, 0.2) is 12.2 Å². The van der Waals surface area contributed by atoms with Gasteiger partial charge in [-0.1, -0.05) is 52.3 Å². The van der Waals surface area contributed by atoms with Crippen molar-refractivity contribution in [1.82, 2.24) is 10.6 Å². The zero-order chi connectivity index (χ0) is 21.1. The summed E-state index contributed by atoms with van der Waals surface area (Å²) in [5.41, 5.74) is 2.46. The zero-order valence-corrected chi connectivity index (χ0v) is 17.3. The Morgan fingerprint density at radius 1 is 1.03 bits per heavy atom. The molecule has 2 amide bonds. The fourth-order valence-corrected chi connectivity index (χ4v) is 3.67. The van der Waals surface area contributed by atoms with Crippen molar-refractivity contribution >= 4 is 27.7 Å². The van der Waals surface area contributed by atoms with Gasteiger partial charge in [-0.3, -0.25) is 9.59 Å². The molecule has 0 saturated heterocycles. The third-order valence-corrected chi connectivity index (χ3v) is 5.60. The molecule has 0 spiro atoms. The smallest absolute Gasteiger partial charge is 0.252 e. The van der Waals surface area contributed by atoms with Crippen molar-refractivity contribution in [1.29, 1.82) is 0 Å². The number of halogens is 1. The van der Waals surface area contributed by atoms with Gasteiger partial charge in [0, 0.05) is 10.9 Å². The molecule has 0 fully saturated rings. The summed E-state index contributed by atoms with van der Waals surface area (Å²) in [7, 11) is 0. The quantitative estimate of drug-likeness (QED) is 0.440. The van der Waals surface area contributed by atoms with Gasteiger partial charge in [0.1, 0.15) is 0 Å². The van der Waals surface area contributed by atoms with Crippen molar-refractivity contribution in [2.24, 2.45) is 0 Å². The first-order chi connectivity index (χ1) is 13.8. The molecule has 0 aliphatic heterocycles. The Balaban J connectivity index is 1.60. The third kappa shape index (κ3) is 4.84. The highest BCUT2D eigenvalue weighted by Crippen LogP contribution is 2.31. The predicted molar refractivity (Wildman–Crippen MR) is 110 cm³/mol. The molecule has 0 radical (unpaired) electrons. The van der Waals surface area contributed by atoms with E-state index in [-0.39, 0.29) is 0 Å². The number of carbonyl (C=O) groups excluding carboxylic acids is 2. The summed E-state index contributed by atoms with van der Waals surface area (Å²) in [4.78, 5) is 24.7. The molecule has 0 aromatic heterocycles. The summed E-state index contributed by atoms with van der Waals surface area (Å²) in [6.45, 7) is 1.73. The fraction of sp³-hybridized carbons (Fsp3) is 0.333. The maximum Gasteiger partial charge on any atom is 0.252 e. The highest BCUT2D eigenvalue weighted by molar-refractivity contribution is 9.10. The molecule has 5 atom stereocenters. The van der Waals surface area contributed by atoms with Crippen LogP contribution in [0.2, 0.25) is 0 Å². The maximum atomic E-state index is 12.4. The average molecular weight is 463 g/mol. The highest BCUT2D eigenvalue weighted by Gasteiger charge is 2.36. The number of benzene rings is 2. The number of aliphatic hydroxyl groups is 3. The van der Waals surface area contributed by atoms with E-state index in [0.717, 1.165) is 21.2 Å². The van der Waals surface area contributed by atoms with E-state index in [1.54, 1.807) is 19.1 Å². The van der Waals surface area contributed by atoms with Crippen LogP contribution in [-0.2, 0) is 16.0 Å². The van der Waals surface area contributed by atoms with Crippen molar-refractivity contribution in [3.63, 3.8) is 0 Å². The summed E-state index contributed by atoms with van der Waals surface area (Å²) in [6, 6.07) is 13.4. The summed E-state index contributed by atoms with van der Waals surface area (Å²) in [5.74, 6) is -1.79. The summed E-state index contributed by atoms with van der Waals surface area (Å²) >= 11 is 3.33. The van der Waals surface area contributed by atoms with Gasteiger partial charge in [-0.2, -0.15) is 0 Å². The van der Waals surface area contributed by atoms with E-state index >= 15 is 0 Å². The SMILES string of the molecule is C[C@H](NC(=O)[C@H](O)[C@@H](O)C(=O)N[C@@H]1c2ccccc2C[C@@H]1O)c1ccc(Br)cc1. The molecule has 5 N–H and O–H groups in total. The summed E-state index contributed by atoms with van der Waals surface area (Å²) < 4.78 is 0.891. The Kier molecular flexibility index (Phi) is 6.69. The standard InChI is InChI=1S/C21H23BrN2O5/c1-11(12-6-8-14(22)9-7-12)23-20(28)18(26)19(27)21(29)24-17-15-5-3-2-4-13(15)10-16(17)25/h2-9,11,16-19,25-27H,10H2,1H3,(H,23,28)(H,24,29)/t11-,16-,17+,18+,19+/m0/s1. The van der Waals surface area contributed by atoms with Crippen molar-refractivity contribution in [2.75, 3.05) is 0 Å². The second kappa shape index (κ2) is 9.04. The van der Waals surface area contributed by atoms with E-state index in [1.807, 2.05) is 36.4 Å². The predicted octanol–water partition coefficient (Wildman–Crippen LogP) is 1.12. The molecular formula is C21H23BrN2O5. The van der Waals surface area contributed by atoms with Gasteiger partial charge in [-0.05, 0) is 35.7 Å². The first-order valence-electron chi connectivity index (χ1n) is 9.26.